The van der Waals surface area contributed by atoms with Crippen LogP contribution in [0.5, 0.6) is 0 Å². The number of rotatable bonds is 8. The highest BCUT2D eigenvalue weighted by Crippen LogP contribution is 2.21. The van der Waals surface area contributed by atoms with Crippen LogP contribution >= 0.6 is 11.6 Å². The van der Waals surface area contributed by atoms with Crippen LogP contribution in [-0.4, -0.2) is 51.2 Å². The van der Waals surface area contributed by atoms with E-state index >= 15 is 0 Å². The molecule has 1 aromatic carbocycles. The summed E-state index contributed by atoms with van der Waals surface area (Å²) in [6.07, 6.45) is 6.92. The van der Waals surface area contributed by atoms with Crippen molar-refractivity contribution in [1.82, 2.24) is 10.2 Å². The molecule has 1 atom stereocenters. The van der Waals surface area contributed by atoms with Crippen molar-refractivity contribution in [2.45, 2.75) is 45.1 Å². The largest absolute Gasteiger partial charge is 0.352 e. The second kappa shape index (κ2) is 9.58. The molecule has 2 rings (SSSR count). The zero-order valence-corrected chi connectivity index (χ0v) is 17.0. The van der Waals surface area contributed by atoms with Gasteiger partial charge in [0.1, 0.15) is 0 Å². The van der Waals surface area contributed by atoms with Crippen LogP contribution in [0.2, 0.25) is 5.02 Å². The summed E-state index contributed by atoms with van der Waals surface area (Å²) in [6.45, 7) is 4.90. The maximum atomic E-state index is 12.4. The van der Waals surface area contributed by atoms with Gasteiger partial charge in [-0.1, -0.05) is 24.9 Å². The molecule has 8 heteroatoms. The molecule has 1 fully saturated rings. The summed E-state index contributed by atoms with van der Waals surface area (Å²) >= 11 is 6.09. The lowest BCUT2D eigenvalue weighted by Crippen LogP contribution is -2.40. The summed E-state index contributed by atoms with van der Waals surface area (Å²) in [7, 11) is -3.40. The number of sulfonamides is 1. The number of carbonyl (C=O) groups excluding carboxylic acids is 1. The van der Waals surface area contributed by atoms with E-state index in [4.69, 9.17) is 11.6 Å². The Bertz CT molecular complexity index is 724. The first kappa shape index (κ1) is 21.0. The van der Waals surface area contributed by atoms with Gasteiger partial charge in [-0.25, -0.2) is 8.42 Å². The molecular weight excluding hydrogens is 374 g/mol. The lowest BCUT2D eigenvalue weighted by atomic mass is 10.00. The average Bonchev–Trinajstić information content (AvgIpc) is 2.59. The quantitative estimate of drug-likeness (QED) is 0.656. The van der Waals surface area contributed by atoms with Gasteiger partial charge in [-0.15, -0.1) is 0 Å². The lowest BCUT2D eigenvalue weighted by molar-refractivity contribution is 0.0947. The standard InChI is InChI=1S/C18H28ClN3O3S/c1-3-15-7-4-5-11-22(15)12-6-10-20-18(23)16-13-14(8-9-17(16)19)21-26(2,24)25/h8-9,13,15,21H,3-7,10-12H2,1-2H3,(H,20,23)/t15-/m1/s1. The van der Waals surface area contributed by atoms with Gasteiger partial charge in [0.25, 0.3) is 5.91 Å². The monoisotopic (exact) mass is 401 g/mol. The van der Waals surface area contributed by atoms with Crippen molar-refractivity contribution >= 4 is 33.2 Å². The number of hydrogen-bond acceptors (Lipinski definition) is 4. The van der Waals surface area contributed by atoms with E-state index in [0.717, 1.165) is 25.8 Å². The molecule has 1 aromatic rings. The highest BCUT2D eigenvalue weighted by Gasteiger charge is 2.20. The molecule has 2 N–H and O–H groups in total. The summed E-state index contributed by atoms with van der Waals surface area (Å²) in [4.78, 5) is 14.9. The molecule has 0 saturated carbocycles. The van der Waals surface area contributed by atoms with Crippen molar-refractivity contribution in [3.05, 3.63) is 28.8 Å². The molecule has 6 nitrogen and oxygen atoms in total. The second-order valence-corrected chi connectivity index (χ2v) is 8.93. The number of benzene rings is 1. The fourth-order valence-electron chi connectivity index (χ4n) is 3.37. The van der Waals surface area contributed by atoms with E-state index in [1.807, 2.05) is 0 Å². The first-order valence-corrected chi connectivity index (χ1v) is 11.4. The molecule has 0 unspecified atom stereocenters. The van der Waals surface area contributed by atoms with Crippen molar-refractivity contribution in [3.8, 4) is 0 Å². The van der Waals surface area contributed by atoms with E-state index in [9.17, 15) is 13.2 Å². The minimum absolute atomic E-state index is 0.268. The minimum atomic E-state index is -3.40. The highest BCUT2D eigenvalue weighted by molar-refractivity contribution is 7.92. The Hall–Kier alpha value is -1.31. The molecule has 0 aromatic heterocycles. The third-order valence-electron chi connectivity index (χ3n) is 4.64. The summed E-state index contributed by atoms with van der Waals surface area (Å²) in [5.41, 5.74) is 0.589. The number of carbonyl (C=O) groups is 1. The van der Waals surface area contributed by atoms with Crippen LogP contribution in [0.15, 0.2) is 18.2 Å². The van der Waals surface area contributed by atoms with E-state index in [1.165, 1.54) is 43.9 Å². The van der Waals surface area contributed by atoms with E-state index in [1.54, 1.807) is 0 Å². The van der Waals surface area contributed by atoms with Gasteiger partial charge in [-0.2, -0.15) is 0 Å². The molecule has 1 heterocycles. The van der Waals surface area contributed by atoms with Crippen LogP contribution in [-0.2, 0) is 10.0 Å². The van der Waals surface area contributed by atoms with Crippen LogP contribution in [0.25, 0.3) is 0 Å². The molecule has 1 aliphatic heterocycles. The number of amides is 1. The Kier molecular flexibility index (Phi) is 7.73. The molecular formula is C18H28ClN3O3S. The first-order chi connectivity index (χ1) is 12.3. The van der Waals surface area contributed by atoms with Gasteiger partial charge in [0, 0.05) is 24.8 Å². The summed E-state index contributed by atoms with van der Waals surface area (Å²) in [5.74, 6) is -0.294. The number of hydrogen-bond donors (Lipinski definition) is 2. The summed E-state index contributed by atoms with van der Waals surface area (Å²) in [6, 6.07) is 5.16. The Morgan fingerprint density at radius 3 is 2.81 bits per heavy atom. The van der Waals surface area contributed by atoms with Crippen molar-refractivity contribution in [3.63, 3.8) is 0 Å². The van der Waals surface area contributed by atoms with Crippen LogP contribution < -0.4 is 10.0 Å². The van der Waals surface area contributed by atoms with Crippen LogP contribution in [0, 0.1) is 0 Å². The number of halogens is 1. The fourth-order valence-corrected chi connectivity index (χ4v) is 4.13. The molecule has 1 amide bonds. The van der Waals surface area contributed by atoms with E-state index < -0.39 is 10.0 Å². The summed E-state index contributed by atoms with van der Waals surface area (Å²) < 4.78 is 25.0. The van der Waals surface area contributed by atoms with Crippen molar-refractivity contribution in [1.29, 1.82) is 0 Å². The predicted molar refractivity (Wildman–Crippen MR) is 106 cm³/mol. The van der Waals surface area contributed by atoms with Gasteiger partial charge >= 0.3 is 0 Å². The Balaban J connectivity index is 1.86. The average molecular weight is 402 g/mol. The van der Waals surface area contributed by atoms with Gasteiger partial charge in [-0.05, 0) is 50.4 Å². The predicted octanol–water partition coefficient (Wildman–Crippen LogP) is 3.10. The Morgan fingerprint density at radius 2 is 2.12 bits per heavy atom. The van der Waals surface area contributed by atoms with Crippen molar-refractivity contribution in [2.75, 3.05) is 30.6 Å². The summed E-state index contributed by atoms with van der Waals surface area (Å²) in [5, 5.41) is 3.17. The van der Waals surface area contributed by atoms with E-state index in [2.05, 4.69) is 21.9 Å². The maximum Gasteiger partial charge on any atom is 0.252 e. The topological polar surface area (TPSA) is 78.5 Å². The van der Waals surface area contributed by atoms with Gasteiger partial charge in [0.05, 0.1) is 16.8 Å². The van der Waals surface area contributed by atoms with Crippen LogP contribution in [0.1, 0.15) is 49.4 Å². The minimum Gasteiger partial charge on any atom is -0.352 e. The second-order valence-electron chi connectivity index (χ2n) is 6.77. The third kappa shape index (κ3) is 6.45. The molecule has 26 heavy (non-hydrogen) atoms. The number of likely N-dealkylation sites (tertiary alicyclic amines) is 1. The number of nitrogens with zero attached hydrogens (tertiary/aromatic N) is 1. The smallest absolute Gasteiger partial charge is 0.252 e. The Labute approximate surface area is 161 Å². The molecule has 0 spiro atoms. The lowest BCUT2D eigenvalue weighted by Gasteiger charge is -2.35. The third-order valence-corrected chi connectivity index (χ3v) is 5.58. The van der Waals surface area contributed by atoms with Crippen molar-refractivity contribution < 1.29 is 13.2 Å². The maximum absolute atomic E-state index is 12.4. The fraction of sp³-hybridized carbons (Fsp3) is 0.611. The zero-order chi connectivity index (χ0) is 19.2. The van der Waals surface area contributed by atoms with Gasteiger partial charge in [-0.3, -0.25) is 9.52 Å². The van der Waals surface area contributed by atoms with Gasteiger partial charge < -0.3 is 10.2 Å². The molecule has 0 radical (unpaired) electrons. The molecule has 1 saturated heterocycles. The molecule has 0 bridgehead atoms. The molecule has 146 valence electrons. The van der Waals surface area contributed by atoms with Gasteiger partial charge in [0.2, 0.25) is 10.0 Å². The number of anilines is 1. The number of piperidine rings is 1. The Morgan fingerprint density at radius 1 is 1.35 bits per heavy atom. The van der Waals surface area contributed by atoms with Crippen LogP contribution in [0.4, 0.5) is 5.69 Å². The van der Waals surface area contributed by atoms with E-state index in [-0.39, 0.29) is 11.5 Å². The molecule has 1 aliphatic rings. The highest BCUT2D eigenvalue weighted by atomic mass is 35.5. The van der Waals surface area contributed by atoms with Crippen molar-refractivity contribution in [2.24, 2.45) is 0 Å². The number of nitrogens with one attached hydrogen (secondary N) is 2. The van der Waals surface area contributed by atoms with Gasteiger partial charge in [0.15, 0.2) is 0 Å². The SMILES string of the molecule is CC[C@@H]1CCCCN1CCCNC(=O)c1cc(NS(C)(=O)=O)ccc1Cl. The normalized spacial score (nSPS) is 18.5. The van der Waals surface area contributed by atoms with E-state index in [0.29, 0.717) is 23.3 Å². The first-order valence-electron chi connectivity index (χ1n) is 9.09. The van der Waals surface area contributed by atoms with Crippen LogP contribution in [0.3, 0.4) is 0 Å². The molecule has 0 aliphatic carbocycles. The zero-order valence-electron chi connectivity index (χ0n) is 15.4.